The highest BCUT2D eigenvalue weighted by Crippen LogP contribution is 2.14. The summed E-state index contributed by atoms with van der Waals surface area (Å²) < 4.78 is 29.0. The third-order valence-corrected chi connectivity index (χ3v) is 5.52. The molecule has 2 N–H and O–H groups in total. The first-order valence-electron chi connectivity index (χ1n) is 8.36. The Balaban J connectivity index is 1.90. The lowest BCUT2D eigenvalue weighted by molar-refractivity contribution is 0.230. The molecule has 2 unspecified atom stereocenters. The van der Waals surface area contributed by atoms with E-state index in [1.54, 1.807) is 0 Å². The van der Waals surface area contributed by atoms with E-state index in [0.29, 0.717) is 18.9 Å². The SMILES string of the molecule is CCNC(=NCC(C)Oc1cccc(C)c1)NC1CCS(=O)(=O)C1. The van der Waals surface area contributed by atoms with Crippen molar-refractivity contribution in [3.8, 4) is 5.75 Å². The van der Waals surface area contributed by atoms with Crippen LogP contribution in [0.3, 0.4) is 0 Å². The fourth-order valence-electron chi connectivity index (χ4n) is 2.60. The van der Waals surface area contributed by atoms with Crippen LogP contribution in [0.25, 0.3) is 0 Å². The average Bonchev–Trinajstić information content (AvgIpc) is 2.84. The van der Waals surface area contributed by atoms with Crippen molar-refractivity contribution < 1.29 is 13.2 Å². The zero-order chi connectivity index (χ0) is 17.6. The molecule has 1 aliphatic rings. The van der Waals surface area contributed by atoms with E-state index in [-0.39, 0.29) is 23.7 Å². The predicted molar refractivity (Wildman–Crippen MR) is 97.4 cm³/mol. The normalized spacial score (nSPS) is 21.3. The van der Waals surface area contributed by atoms with Crippen molar-refractivity contribution >= 4 is 15.8 Å². The van der Waals surface area contributed by atoms with Gasteiger partial charge >= 0.3 is 0 Å². The van der Waals surface area contributed by atoms with E-state index in [1.165, 1.54) is 0 Å². The van der Waals surface area contributed by atoms with Gasteiger partial charge in [0.15, 0.2) is 15.8 Å². The van der Waals surface area contributed by atoms with Crippen LogP contribution in [0.5, 0.6) is 5.75 Å². The van der Waals surface area contributed by atoms with Crippen LogP contribution in [0.1, 0.15) is 25.8 Å². The second-order valence-corrected chi connectivity index (χ2v) is 8.44. The van der Waals surface area contributed by atoms with Crippen molar-refractivity contribution in [3.05, 3.63) is 29.8 Å². The molecule has 0 spiro atoms. The van der Waals surface area contributed by atoms with Crippen LogP contribution >= 0.6 is 0 Å². The quantitative estimate of drug-likeness (QED) is 0.598. The van der Waals surface area contributed by atoms with Crippen LogP contribution in [0.2, 0.25) is 0 Å². The monoisotopic (exact) mass is 353 g/mol. The number of rotatable bonds is 6. The molecule has 7 heteroatoms. The number of sulfone groups is 1. The number of aryl methyl sites for hydroxylation is 1. The lowest BCUT2D eigenvalue weighted by Gasteiger charge is -2.18. The van der Waals surface area contributed by atoms with E-state index in [9.17, 15) is 8.42 Å². The zero-order valence-electron chi connectivity index (χ0n) is 14.6. The number of ether oxygens (including phenoxy) is 1. The molecule has 24 heavy (non-hydrogen) atoms. The summed E-state index contributed by atoms with van der Waals surface area (Å²) in [5.74, 6) is 1.89. The van der Waals surface area contributed by atoms with E-state index in [2.05, 4.69) is 15.6 Å². The van der Waals surface area contributed by atoms with Crippen molar-refractivity contribution in [1.82, 2.24) is 10.6 Å². The summed E-state index contributed by atoms with van der Waals surface area (Å²) in [7, 11) is -2.90. The van der Waals surface area contributed by atoms with Crippen molar-refractivity contribution in [2.75, 3.05) is 24.6 Å². The molecule has 2 rings (SSSR count). The molecule has 1 aliphatic heterocycles. The molecule has 1 fully saturated rings. The van der Waals surface area contributed by atoms with Crippen LogP contribution in [-0.2, 0) is 9.84 Å². The van der Waals surface area contributed by atoms with Gasteiger partial charge in [-0.15, -0.1) is 0 Å². The van der Waals surface area contributed by atoms with Crippen LogP contribution < -0.4 is 15.4 Å². The van der Waals surface area contributed by atoms with E-state index >= 15 is 0 Å². The van der Waals surface area contributed by atoms with E-state index in [4.69, 9.17) is 4.74 Å². The average molecular weight is 353 g/mol. The molecule has 1 saturated heterocycles. The van der Waals surface area contributed by atoms with Gasteiger partial charge in [-0.1, -0.05) is 12.1 Å². The molecule has 2 atom stereocenters. The second kappa shape index (κ2) is 8.37. The van der Waals surface area contributed by atoms with Gasteiger partial charge in [-0.3, -0.25) is 0 Å². The number of hydrogen-bond donors (Lipinski definition) is 2. The Hall–Kier alpha value is -1.76. The fourth-order valence-corrected chi connectivity index (χ4v) is 4.27. The first-order chi connectivity index (χ1) is 11.4. The minimum absolute atomic E-state index is 0.0687. The molecule has 1 aromatic rings. The van der Waals surface area contributed by atoms with Crippen LogP contribution in [0.15, 0.2) is 29.3 Å². The standard InChI is InChI=1S/C17H27N3O3S/c1-4-18-17(20-15-8-9-24(21,22)12-15)19-11-14(3)23-16-7-5-6-13(2)10-16/h5-7,10,14-15H,4,8-9,11-12H2,1-3H3,(H2,18,19,20). The first kappa shape index (κ1) is 18.6. The van der Waals surface area contributed by atoms with Gasteiger partial charge in [-0.05, 0) is 44.9 Å². The molecular weight excluding hydrogens is 326 g/mol. The van der Waals surface area contributed by atoms with Crippen LogP contribution in [-0.4, -0.2) is 51.1 Å². The predicted octanol–water partition coefficient (Wildman–Crippen LogP) is 1.50. The Morgan fingerprint density at radius 2 is 2.25 bits per heavy atom. The molecule has 0 aromatic heterocycles. The van der Waals surface area contributed by atoms with Crippen LogP contribution in [0, 0.1) is 6.92 Å². The number of nitrogens with one attached hydrogen (secondary N) is 2. The number of nitrogens with zero attached hydrogens (tertiary/aromatic N) is 1. The fraction of sp³-hybridized carbons (Fsp3) is 0.588. The number of aliphatic imine (C=N–C) groups is 1. The van der Waals surface area contributed by atoms with Gasteiger partial charge in [0, 0.05) is 12.6 Å². The molecule has 0 saturated carbocycles. The van der Waals surface area contributed by atoms with Gasteiger partial charge in [0.05, 0.1) is 18.1 Å². The highest BCUT2D eigenvalue weighted by atomic mass is 32.2. The summed E-state index contributed by atoms with van der Waals surface area (Å²) in [5, 5.41) is 6.36. The first-order valence-corrected chi connectivity index (χ1v) is 10.2. The maximum absolute atomic E-state index is 11.6. The zero-order valence-corrected chi connectivity index (χ0v) is 15.4. The van der Waals surface area contributed by atoms with Gasteiger partial charge < -0.3 is 15.4 Å². The molecular formula is C17H27N3O3S. The summed E-state index contributed by atoms with van der Waals surface area (Å²) in [5.41, 5.74) is 1.15. The van der Waals surface area contributed by atoms with Gasteiger partial charge in [-0.25, -0.2) is 13.4 Å². The number of benzene rings is 1. The molecule has 0 amide bonds. The highest BCUT2D eigenvalue weighted by molar-refractivity contribution is 7.91. The Labute approximate surface area is 144 Å². The molecule has 134 valence electrons. The van der Waals surface area contributed by atoms with Crippen LogP contribution in [0.4, 0.5) is 0 Å². The van der Waals surface area contributed by atoms with E-state index in [0.717, 1.165) is 17.9 Å². The molecule has 0 radical (unpaired) electrons. The Morgan fingerprint density at radius 1 is 1.46 bits per heavy atom. The number of hydrogen-bond acceptors (Lipinski definition) is 4. The largest absolute Gasteiger partial charge is 0.489 e. The molecule has 6 nitrogen and oxygen atoms in total. The Kier molecular flexibility index (Phi) is 6.48. The third kappa shape index (κ3) is 6.03. The minimum atomic E-state index is -2.90. The Bertz CT molecular complexity index is 673. The second-order valence-electron chi connectivity index (χ2n) is 6.21. The summed E-state index contributed by atoms with van der Waals surface area (Å²) in [6.07, 6.45) is 0.553. The molecule has 0 bridgehead atoms. The summed E-state index contributed by atoms with van der Waals surface area (Å²) >= 11 is 0. The lowest BCUT2D eigenvalue weighted by atomic mass is 10.2. The summed E-state index contributed by atoms with van der Waals surface area (Å²) in [6, 6.07) is 7.85. The van der Waals surface area contributed by atoms with Gasteiger partial charge in [0.2, 0.25) is 0 Å². The van der Waals surface area contributed by atoms with E-state index in [1.807, 2.05) is 45.0 Å². The lowest BCUT2D eigenvalue weighted by Crippen LogP contribution is -2.44. The third-order valence-electron chi connectivity index (χ3n) is 3.75. The van der Waals surface area contributed by atoms with E-state index < -0.39 is 9.84 Å². The smallest absolute Gasteiger partial charge is 0.191 e. The van der Waals surface area contributed by atoms with Crippen molar-refractivity contribution in [2.24, 2.45) is 4.99 Å². The Morgan fingerprint density at radius 3 is 2.88 bits per heavy atom. The van der Waals surface area contributed by atoms with Gasteiger partial charge in [-0.2, -0.15) is 0 Å². The minimum Gasteiger partial charge on any atom is -0.489 e. The van der Waals surface area contributed by atoms with Crippen molar-refractivity contribution in [2.45, 2.75) is 39.3 Å². The maximum atomic E-state index is 11.6. The number of guanidine groups is 1. The van der Waals surface area contributed by atoms with Crippen molar-refractivity contribution in [1.29, 1.82) is 0 Å². The van der Waals surface area contributed by atoms with Gasteiger partial charge in [0.1, 0.15) is 11.9 Å². The topological polar surface area (TPSA) is 79.8 Å². The maximum Gasteiger partial charge on any atom is 0.191 e. The highest BCUT2D eigenvalue weighted by Gasteiger charge is 2.28. The summed E-state index contributed by atoms with van der Waals surface area (Å²) in [6.45, 7) is 7.18. The summed E-state index contributed by atoms with van der Waals surface area (Å²) in [4.78, 5) is 4.52. The van der Waals surface area contributed by atoms with Gasteiger partial charge in [0.25, 0.3) is 0 Å². The molecule has 1 heterocycles. The molecule has 0 aliphatic carbocycles. The molecule has 1 aromatic carbocycles. The van der Waals surface area contributed by atoms with Crippen molar-refractivity contribution in [3.63, 3.8) is 0 Å².